The largest absolute Gasteiger partial charge is 0.160 e. The monoisotopic (exact) mass is 108 g/mol. The second kappa shape index (κ2) is 3.13. The Bertz CT molecular complexity index is 117. The molecule has 0 aromatic rings. The highest BCUT2D eigenvalue weighted by atomic mass is 15.1. The van der Waals surface area contributed by atoms with Crippen molar-refractivity contribution in [3.63, 3.8) is 0 Å². The number of hydrogen-bond donors (Lipinski definition) is 0. The third-order valence-corrected chi connectivity index (χ3v) is 0.911. The van der Waals surface area contributed by atoms with E-state index in [4.69, 9.17) is 0 Å². The van der Waals surface area contributed by atoms with E-state index < -0.39 is 0 Å². The van der Waals surface area contributed by atoms with Gasteiger partial charge in [0.25, 0.3) is 0 Å². The van der Waals surface area contributed by atoms with E-state index in [0.717, 1.165) is 12.8 Å². The first-order valence-electron chi connectivity index (χ1n) is 2.70. The van der Waals surface area contributed by atoms with Gasteiger partial charge in [0.05, 0.1) is 0 Å². The van der Waals surface area contributed by atoms with Gasteiger partial charge in [0, 0.05) is 12.4 Å². The molecule has 1 aliphatic heterocycles. The first-order chi connectivity index (χ1) is 4.00. The Hall–Kier alpha value is -0.920. The summed E-state index contributed by atoms with van der Waals surface area (Å²) in [5, 5.41) is 7.38. The Morgan fingerprint density at radius 2 is 1.38 bits per heavy atom. The van der Waals surface area contributed by atoms with Crippen LogP contribution in [0.1, 0.15) is 12.8 Å². The molecule has 0 spiro atoms. The molecule has 0 amide bonds. The van der Waals surface area contributed by atoms with E-state index in [2.05, 4.69) is 10.2 Å². The van der Waals surface area contributed by atoms with E-state index in [1.807, 2.05) is 12.2 Å². The smallest absolute Gasteiger partial charge is 0.0455 e. The topological polar surface area (TPSA) is 24.7 Å². The maximum Gasteiger partial charge on any atom is 0.0455 e. The van der Waals surface area contributed by atoms with Crippen LogP contribution in [0.4, 0.5) is 0 Å². The standard InChI is InChI=1S/C6H8N2/c1-2-4-6-8-7-5-3-1/h3-6H,1-2H2. The van der Waals surface area contributed by atoms with Crippen molar-refractivity contribution in [2.24, 2.45) is 10.2 Å². The molecule has 2 heteroatoms. The van der Waals surface area contributed by atoms with Crippen molar-refractivity contribution in [2.45, 2.75) is 12.8 Å². The molecule has 0 saturated heterocycles. The molecule has 0 bridgehead atoms. The molecule has 0 unspecified atom stereocenters. The van der Waals surface area contributed by atoms with E-state index in [9.17, 15) is 0 Å². The number of azo groups is 1. The van der Waals surface area contributed by atoms with Crippen LogP contribution in [-0.4, -0.2) is 0 Å². The van der Waals surface area contributed by atoms with Crippen LogP contribution in [0.15, 0.2) is 34.8 Å². The van der Waals surface area contributed by atoms with Gasteiger partial charge in [0.1, 0.15) is 0 Å². The molecular weight excluding hydrogens is 100 g/mol. The quantitative estimate of drug-likeness (QED) is 0.454. The van der Waals surface area contributed by atoms with Crippen LogP contribution in [0.25, 0.3) is 0 Å². The molecule has 0 atom stereocenters. The van der Waals surface area contributed by atoms with Crippen LogP contribution >= 0.6 is 0 Å². The Balaban J connectivity index is 2.51. The van der Waals surface area contributed by atoms with Crippen molar-refractivity contribution < 1.29 is 0 Å². The van der Waals surface area contributed by atoms with Crippen molar-refractivity contribution in [3.05, 3.63) is 24.6 Å². The van der Waals surface area contributed by atoms with Gasteiger partial charge in [-0.3, -0.25) is 0 Å². The third-order valence-electron chi connectivity index (χ3n) is 0.911. The van der Waals surface area contributed by atoms with Crippen LogP contribution in [0.3, 0.4) is 0 Å². The van der Waals surface area contributed by atoms with Gasteiger partial charge in [0.2, 0.25) is 0 Å². The van der Waals surface area contributed by atoms with Crippen molar-refractivity contribution in [3.8, 4) is 0 Å². The summed E-state index contributed by atoms with van der Waals surface area (Å²) in [4.78, 5) is 0. The molecule has 42 valence electrons. The van der Waals surface area contributed by atoms with Crippen molar-refractivity contribution in [2.75, 3.05) is 0 Å². The lowest BCUT2D eigenvalue weighted by Gasteiger charge is -1.85. The summed E-state index contributed by atoms with van der Waals surface area (Å²) in [7, 11) is 0. The van der Waals surface area contributed by atoms with Gasteiger partial charge in [0.15, 0.2) is 0 Å². The molecule has 0 saturated carbocycles. The molecule has 0 radical (unpaired) electrons. The van der Waals surface area contributed by atoms with Gasteiger partial charge in [-0.05, 0) is 12.8 Å². The second-order valence-electron chi connectivity index (χ2n) is 1.58. The van der Waals surface area contributed by atoms with Crippen LogP contribution < -0.4 is 0 Å². The molecule has 0 aliphatic carbocycles. The Kier molecular flexibility index (Phi) is 2.04. The minimum atomic E-state index is 1.08. The van der Waals surface area contributed by atoms with Gasteiger partial charge < -0.3 is 0 Å². The minimum absolute atomic E-state index is 1.08. The van der Waals surface area contributed by atoms with E-state index >= 15 is 0 Å². The second-order valence-corrected chi connectivity index (χ2v) is 1.58. The van der Waals surface area contributed by atoms with E-state index in [0.29, 0.717) is 0 Å². The predicted octanol–water partition coefficient (Wildman–Crippen LogP) is 2.26. The molecule has 0 fully saturated rings. The first kappa shape index (κ1) is 5.22. The zero-order chi connectivity index (χ0) is 5.66. The Morgan fingerprint density at radius 3 is 1.88 bits per heavy atom. The third kappa shape index (κ3) is 1.69. The van der Waals surface area contributed by atoms with Crippen molar-refractivity contribution in [1.82, 2.24) is 0 Å². The minimum Gasteiger partial charge on any atom is -0.160 e. The molecule has 0 N–H and O–H groups in total. The summed E-state index contributed by atoms with van der Waals surface area (Å²) in [6, 6.07) is 0. The molecule has 0 aromatic carbocycles. The highest BCUT2D eigenvalue weighted by molar-refractivity contribution is 4.88. The SMILES string of the molecule is C1=CN=NC=CCC1. The summed E-state index contributed by atoms with van der Waals surface area (Å²) >= 11 is 0. The lowest BCUT2D eigenvalue weighted by atomic mass is 10.3. The van der Waals surface area contributed by atoms with Crippen molar-refractivity contribution in [1.29, 1.82) is 0 Å². The average Bonchev–Trinajstić information content (AvgIpc) is 1.62. The highest BCUT2D eigenvalue weighted by Crippen LogP contribution is 1.96. The molecule has 0 aromatic heterocycles. The molecular formula is C6H8N2. The lowest BCUT2D eigenvalue weighted by molar-refractivity contribution is 1.01. The zero-order valence-corrected chi connectivity index (χ0v) is 4.62. The summed E-state index contributed by atoms with van der Waals surface area (Å²) in [5.41, 5.74) is 0. The number of rotatable bonds is 0. The van der Waals surface area contributed by atoms with Crippen LogP contribution in [-0.2, 0) is 0 Å². The van der Waals surface area contributed by atoms with E-state index in [-0.39, 0.29) is 0 Å². The van der Waals surface area contributed by atoms with Crippen LogP contribution in [0.5, 0.6) is 0 Å². The number of nitrogens with zero attached hydrogens (tertiary/aromatic N) is 2. The predicted molar refractivity (Wildman–Crippen MR) is 32.4 cm³/mol. The molecule has 1 heterocycles. The number of hydrogen-bond acceptors (Lipinski definition) is 2. The molecule has 1 aliphatic rings. The van der Waals surface area contributed by atoms with Gasteiger partial charge >= 0.3 is 0 Å². The Morgan fingerprint density at radius 1 is 0.875 bits per heavy atom. The summed E-state index contributed by atoms with van der Waals surface area (Å²) < 4.78 is 0. The summed E-state index contributed by atoms with van der Waals surface area (Å²) in [5.74, 6) is 0. The maximum atomic E-state index is 3.69. The maximum absolute atomic E-state index is 3.69. The van der Waals surface area contributed by atoms with Gasteiger partial charge in [-0.1, -0.05) is 12.2 Å². The molecule has 2 nitrogen and oxygen atoms in total. The zero-order valence-electron chi connectivity index (χ0n) is 4.62. The Labute approximate surface area is 48.6 Å². The van der Waals surface area contributed by atoms with Crippen LogP contribution in [0.2, 0.25) is 0 Å². The average molecular weight is 108 g/mol. The highest BCUT2D eigenvalue weighted by Gasteiger charge is 1.77. The first-order valence-corrected chi connectivity index (χ1v) is 2.70. The normalized spacial score (nSPS) is 18.0. The van der Waals surface area contributed by atoms with Gasteiger partial charge in [-0.25, -0.2) is 0 Å². The van der Waals surface area contributed by atoms with E-state index in [1.165, 1.54) is 0 Å². The summed E-state index contributed by atoms with van der Waals surface area (Å²) in [6.45, 7) is 0. The fourth-order valence-corrected chi connectivity index (χ4v) is 0.513. The van der Waals surface area contributed by atoms with Crippen molar-refractivity contribution >= 4 is 0 Å². The fraction of sp³-hybridized carbons (Fsp3) is 0.333. The fourth-order valence-electron chi connectivity index (χ4n) is 0.513. The van der Waals surface area contributed by atoms with Gasteiger partial charge in [-0.2, -0.15) is 10.2 Å². The molecule has 1 rings (SSSR count). The number of allylic oxidation sites excluding steroid dienone is 2. The summed E-state index contributed by atoms with van der Waals surface area (Å²) in [6.07, 6.45) is 9.62. The van der Waals surface area contributed by atoms with Gasteiger partial charge in [-0.15, -0.1) is 0 Å². The van der Waals surface area contributed by atoms with Crippen LogP contribution in [0, 0.1) is 0 Å². The lowest BCUT2D eigenvalue weighted by Crippen LogP contribution is -1.65. The van der Waals surface area contributed by atoms with E-state index in [1.54, 1.807) is 12.4 Å². The molecule has 8 heavy (non-hydrogen) atoms.